The number of aldehydes is 1. The van der Waals surface area contributed by atoms with Crippen LogP contribution in [0.5, 0.6) is 0 Å². The molecule has 0 unspecified atom stereocenters. The number of carbonyl (C=O) groups is 1. The number of nitrogens with zero attached hydrogens (tertiary/aromatic N) is 1. The molecular weight excluding hydrogens is 246 g/mol. The van der Waals surface area contributed by atoms with Gasteiger partial charge in [0.1, 0.15) is 6.29 Å². The molecule has 1 aromatic rings. The van der Waals surface area contributed by atoms with Crippen LogP contribution in [0.2, 0.25) is 5.02 Å². The maximum Gasteiger partial charge on any atom is 0.120 e. The van der Waals surface area contributed by atoms with Crippen molar-refractivity contribution in [3.8, 4) is 0 Å². The van der Waals surface area contributed by atoms with Gasteiger partial charge in [0.05, 0.1) is 0 Å². The summed E-state index contributed by atoms with van der Waals surface area (Å²) in [5, 5.41) is 0.837. The summed E-state index contributed by atoms with van der Waals surface area (Å²) in [6.07, 6.45) is 6.27. The molecule has 0 saturated carbocycles. The highest BCUT2D eigenvalue weighted by Gasteiger charge is 2.12. The number of halogens is 1. The monoisotopic (exact) mass is 265 g/mol. The summed E-state index contributed by atoms with van der Waals surface area (Å²) in [6, 6.07) is 6.20. The van der Waals surface area contributed by atoms with E-state index in [0.29, 0.717) is 6.42 Å². The van der Waals surface area contributed by atoms with Gasteiger partial charge in [0.2, 0.25) is 0 Å². The molecule has 1 fully saturated rings. The predicted molar refractivity (Wildman–Crippen MR) is 75.0 cm³/mol. The van der Waals surface area contributed by atoms with Crippen molar-refractivity contribution in [1.29, 1.82) is 0 Å². The molecule has 0 radical (unpaired) electrons. The maximum atomic E-state index is 10.4. The first kappa shape index (κ1) is 13.6. The second-order valence-electron chi connectivity index (χ2n) is 4.97. The molecule has 1 aromatic carbocycles. The lowest BCUT2D eigenvalue weighted by Crippen LogP contribution is -2.29. The predicted octanol–water partition coefficient (Wildman–Crippen LogP) is 3.46. The zero-order valence-corrected chi connectivity index (χ0v) is 11.5. The minimum atomic E-state index is 0.571. The van der Waals surface area contributed by atoms with Gasteiger partial charge in [-0.15, -0.1) is 0 Å². The van der Waals surface area contributed by atoms with Gasteiger partial charge >= 0.3 is 0 Å². The number of hydrogen-bond acceptors (Lipinski definition) is 2. The van der Waals surface area contributed by atoms with E-state index < -0.39 is 0 Å². The molecule has 2 rings (SSSR count). The summed E-state index contributed by atoms with van der Waals surface area (Å²) in [5.41, 5.74) is 2.35. The molecule has 0 atom stereocenters. The lowest BCUT2D eigenvalue weighted by molar-refractivity contribution is -0.107. The quantitative estimate of drug-likeness (QED) is 0.760. The Labute approximate surface area is 114 Å². The fraction of sp³-hybridized carbons (Fsp3) is 0.533. The molecule has 0 aromatic heterocycles. The van der Waals surface area contributed by atoms with Crippen molar-refractivity contribution in [2.75, 3.05) is 13.1 Å². The molecule has 1 saturated heterocycles. The van der Waals surface area contributed by atoms with E-state index in [0.717, 1.165) is 29.8 Å². The van der Waals surface area contributed by atoms with Crippen LogP contribution in [-0.4, -0.2) is 24.3 Å². The molecule has 1 heterocycles. The number of piperidine rings is 1. The van der Waals surface area contributed by atoms with E-state index in [-0.39, 0.29) is 0 Å². The number of benzene rings is 1. The van der Waals surface area contributed by atoms with Gasteiger partial charge in [-0.05, 0) is 49.5 Å². The molecule has 0 N–H and O–H groups in total. The fourth-order valence-corrected chi connectivity index (χ4v) is 2.72. The molecule has 3 heteroatoms. The van der Waals surface area contributed by atoms with Gasteiger partial charge in [0.15, 0.2) is 0 Å². The first-order chi connectivity index (χ1) is 8.79. The molecule has 2 nitrogen and oxygen atoms in total. The van der Waals surface area contributed by atoms with E-state index >= 15 is 0 Å². The summed E-state index contributed by atoms with van der Waals surface area (Å²) in [5.74, 6) is 0. The van der Waals surface area contributed by atoms with Crippen molar-refractivity contribution in [3.05, 3.63) is 34.3 Å². The zero-order valence-electron chi connectivity index (χ0n) is 10.7. The van der Waals surface area contributed by atoms with Crippen LogP contribution in [0.1, 0.15) is 36.8 Å². The van der Waals surface area contributed by atoms with Gasteiger partial charge in [-0.3, -0.25) is 4.90 Å². The standard InChI is InChI=1S/C15H20ClNO/c16-15-11-13(5-4-10-18)6-7-14(15)12-17-8-2-1-3-9-17/h6-7,10-11H,1-5,8-9,12H2. The first-order valence-electron chi connectivity index (χ1n) is 6.73. The third-order valence-electron chi connectivity index (χ3n) is 3.51. The van der Waals surface area contributed by atoms with Gasteiger partial charge in [-0.2, -0.15) is 0 Å². The Morgan fingerprint density at radius 3 is 2.67 bits per heavy atom. The third kappa shape index (κ3) is 3.82. The van der Waals surface area contributed by atoms with Crippen LogP contribution in [0, 0.1) is 0 Å². The Balaban J connectivity index is 1.97. The van der Waals surface area contributed by atoms with Gasteiger partial charge in [0, 0.05) is 18.0 Å². The second-order valence-corrected chi connectivity index (χ2v) is 5.38. The van der Waals surface area contributed by atoms with Crippen LogP contribution in [0.15, 0.2) is 18.2 Å². The molecule has 0 aliphatic carbocycles. The summed E-state index contributed by atoms with van der Waals surface area (Å²) in [7, 11) is 0. The van der Waals surface area contributed by atoms with Crippen LogP contribution in [0.3, 0.4) is 0 Å². The van der Waals surface area contributed by atoms with E-state index in [2.05, 4.69) is 17.0 Å². The molecule has 1 aliphatic rings. The van der Waals surface area contributed by atoms with E-state index in [1.54, 1.807) is 0 Å². The van der Waals surface area contributed by atoms with Crippen molar-refractivity contribution in [3.63, 3.8) is 0 Å². The summed E-state index contributed by atoms with van der Waals surface area (Å²) in [4.78, 5) is 12.8. The highest BCUT2D eigenvalue weighted by Crippen LogP contribution is 2.22. The number of aryl methyl sites for hydroxylation is 1. The molecular formula is C15H20ClNO. The molecule has 1 aliphatic heterocycles. The molecule has 0 spiro atoms. The summed E-state index contributed by atoms with van der Waals surface area (Å²) < 4.78 is 0. The Bertz CT molecular complexity index is 399. The van der Waals surface area contributed by atoms with E-state index in [4.69, 9.17) is 11.6 Å². The topological polar surface area (TPSA) is 20.3 Å². The van der Waals surface area contributed by atoms with Crippen molar-refractivity contribution in [2.24, 2.45) is 0 Å². The van der Waals surface area contributed by atoms with Crippen molar-refractivity contribution >= 4 is 17.9 Å². The van der Waals surface area contributed by atoms with Crippen LogP contribution in [-0.2, 0) is 17.8 Å². The second kappa shape index (κ2) is 6.91. The summed E-state index contributed by atoms with van der Waals surface area (Å²) in [6.45, 7) is 3.32. The van der Waals surface area contributed by atoms with Gasteiger partial charge in [-0.25, -0.2) is 0 Å². The molecule has 18 heavy (non-hydrogen) atoms. The van der Waals surface area contributed by atoms with Gasteiger partial charge < -0.3 is 4.79 Å². The Morgan fingerprint density at radius 2 is 2.00 bits per heavy atom. The SMILES string of the molecule is O=CCCc1ccc(CN2CCCCC2)c(Cl)c1. The minimum absolute atomic E-state index is 0.571. The Morgan fingerprint density at radius 1 is 1.22 bits per heavy atom. The average Bonchev–Trinajstić information content (AvgIpc) is 2.40. The van der Waals surface area contributed by atoms with E-state index in [9.17, 15) is 4.79 Å². The number of carbonyl (C=O) groups excluding carboxylic acids is 1. The highest BCUT2D eigenvalue weighted by atomic mass is 35.5. The largest absolute Gasteiger partial charge is 0.303 e. The molecule has 0 amide bonds. The van der Waals surface area contributed by atoms with Crippen LogP contribution < -0.4 is 0 Å². The van der Waals surface area contributed by atoms with Crippen LogP contribution >= 0.6 is 11.6 Å². The minimum Gasteiger partial charge on any atom is -0.303 e. The molecule has 0 bridgehead atoms. The Hall–Kier alpha value is -0.860. The van der Waals surface area contributed by atoms with Gasteiger partial charge in [0.25, 0.3) is 0 Å². The number of rotatable bonds is 5. The van der Waals surface area contributed by atoms with E-state index in [1.165, 1.54) is 37.9 Å². The van der Waals surface area contributed by atoms with Crippen molar-refractivity contribution < 1.29 is 4.79 Å². The summed E-state index contributed by atoms with van der Waals surface area (Å²) >= 11 is 6.31. The average molecular weight is 266 g/mol. The third-order valence-corrected chi connectivity index (χ3v) is 3.86. The lowest BCUT2D eigenvalue weighted by atomic mass is 10.1. The highest BCUT2D eigenvalue weighted by molar-refractivity contribution is 6.31. The Kier molecular flexibility index (Phi) is 5.21. The normalized spacial score (nSPS) is 16.7. The first-order valence-corrected chi connectivity index (χ1v) is 7.10. The smallest absolute Gasteiger partial charge is 0.120 e. The zero-order chi connectivity index (χ0) is 12.8. The number of hydrogen-bond donors (Lipinski definition) is 0. The molecule has 98 valence electrons. The van der Waals surface area contributed by atoms with Crippen LogP contribution in [0.25, 0.3) is 0 Å². The fourth-order valence-electron chi connectivity index (χ4n) is 2.46. The van der Waals surface area contributed by atoms with E-state index in [1.807, 2.05) is 6.07 Å². The van der Waals surface area contributed by atoms with Crippen LogP contribution in [0.4, 0.5) is 0 Å². The maximum absolute atomic E-state index is 10.4. The van der Waals surface area contributed by atoms with Crippen molar-refractivity contribution in [1.82, 2.24) is 4.90 Å². The number of likely N-dealkylation sites (tertiary alicyclic amines) is 1. The lowest BCUT2D eigenvalue weighted by Gasteiger charge is -2.26. The van der Waals surface area contributed by atoms with Gasteiger partial charge in [-0.1, -0.05) is 30.2 Å². The van der Waals surface area contributed by atoms with Crippen molar-refractivity contribution in [2.45, 2.75) is 38.6 Å².